The lowest BCUT2D eigenvalue weighted by atomic mass is 9.79. The quantitative estimate of drug-likeness (QED) is 0.394. The Bertz CT molecular complexity index is 367. The Labute approximate surface area is 80.2 Å². The van der Waals surface area contributed by atoms with Crippen LogP contribution in [0.2, 0.25) is 0 Å². The average Bonchev–Trinajstić information content (AvgIpc) is 2.71. The highest BCUT2D eigenvalue weighted by atomic mass is 16.6. The van der Waals surface area contributed by atoms with Gasteiger partial charge in [-0.1, -0.05) is 12.1 Å². The van der Waals surface area contributed by atoms with Gasteiger partial charge in [0, 0.05) is 17.6 Å². The smallest absolute Gasteiger partial charge is 0.525 e. The number of non-ortho nitro benzene ring substituents is 1. The summed E-state index contributed by atoms with van der Waals surface area (Å²) in [6.07, 6.45) is 2.87. The van der Waals surface area contributed by atoms with E-state index in [0.29, 0.717) is 0 Å². The van der Waals surface area contributed by atoms with E-state index in [4.69, 9.17) is 9.31 Å². The number of rotatable bonds is 2. The van der Waals surface area contributed by atoms with E-state index < -0.39 is 12.0 Å². The molecule has 0 N–H and O–H groups in total. The molecule has 1 aliphatic rings. The molecule has 1 aromatic carbocycles. The second kappa shape index (κ2) is 3.41. The SMILES string of the molecule is O=[N+]([O-])c1ccc(B2OC=CO2)cc1. The van der Waals surface area contributed by atoms with E-state index >= 15 is 0 Å². The fourth-order valence-corrected chi connectivity index (χ4v) is 1.15. The highest BCUT2D eigenvalue weighted by Crippen LogP contribution is 2.09. The van der Waals surface area contributed by atoms with Crippen molar-refractivity contribution in [2.24, 2.45) is 0 Å². The fourth-order valence-electron chi connectivity index (χ4n) is 1.15. The molecule has 0 radical (unpaired) electrons. The third-order valence-electron chi connectivity index (χ3n) is 1.84. The Morgan fingerprint density at radius 3 is 2.21 bits per heavy atom. The number of hydrogen-bond acceptors (Lipinski definition) is 4. The summed E-state index contributed by atoms with van der Waals surface area (Å²) in [5.41, 5.74) is 0.806. The van der Waals surface area contributed by atoms with Gasteiger partial charge in [0.1, 0.15) is 0 Å². The van der Waals surface area contributed by atoms with Crippen molar-refractivity contribution in [1.82, 2.24) is 0 Å². The first-order chi connectivity index (χ1) is 6.77. The van der Waals surface area contributed by atoms with Crippen molar-refractivity contribution in [3.63, 3.8) is 0 Å². The maximum Gasteiger partial charge on any atom is 0.632 e. The summed E-state index contributed by atoms with van der Waals surface area (Å²) in [5, 5.41) is 10.4. The molecule has 1 heterocycles. The van der Waals surface area contributed by atoms with E-state index in [1.807, 2.05) is 0 Å². The molecule has 0 aliphatic carbocycles. The minimum atomic E-state index is -0.476. The lowest BCUT2D eigenvalue weighted by Gasteiger charge is -2.03. The molecule has 0 fully saturated rings. The average molecular weight is 191 g/mol. The molecule has 70 valence electrons. The van der Waals surface area contributed by atoms with Crippen LogP contribution in [-0.4, -0.2) is 12.0 Å². The van der Waals surface area contributed by atoms with Crippen molar-refractivity contribution in [2.75, 3.05) is 0 Å². The first-order valence-corrected chi connectivity index (χ1v) is 3.97. The third-order valence-corrected chi connectivity index (χ3v) is 1.84. The van der Waals surface area contributed by atoms with Crippen molar-refractivity contribution < 1.29 is 14.2 Å². The van der Waals surface area contributed by atoms with Crippen LogP contribution in [0.1, 0.15) is 0 Å². The van der Waals surface area contributed by atoms with Gasteiger partial charge in [-0.3, -0.25) is 10.1 Å². The normalized spacial score (nSPS) is 13.6. The van der Waals surface area contributed by atoms with Crippen molar-refractivity contribution >= 4 is 18.3 Å². The summed E-state index contributed by atoms with van der Waals surface area (Å²) in [6, 6.07) is 6.05. The Morgan fingerprint density at radius 2 is 1.71 bits per heavy atom. The van der Waals surface area contributed by atoms with E-state index in [1.54, 1.807) is 12.1 Å². The molecular formula is C8H6BNO4. The first kappa shape index (κ1) is 8.62. The van der Waals surface area contributed by atoms with Gasteiger partial charge in [-0.05, 0) is 0 Å². The van der Waals surface area contributed by atoms with Gasteiger partial charge in [0.2, 0.25) is 0 Å². The Morgan fingerprint density at radius 1 is 1.14 bits per heavy atom. The van der Waals surface area contributed by atoms with Crippen molar-refractivity contribution in [3.8, 4) is 0 Å². The van der Waals surface area contributed by atoms with E-state index in [2.05, 4.69) is 0 Å². The molecular weight excluding hydrogens is 185 g/mol. The van der Waals surface area contributed by atoms with Crippen molar-refractivity contribution in [1.29, 1.82) is 0 Å². The maximum atomic E-state index is 10.4. The molecule has 1 aliphatic heterocycles. The van der Waals surface area contributed by atoms with Crippen LogP contribution in [0.15, 0.2) is 36.8 Å². The van der Waals surface area contributed by atoms with Crippen LogP contribution in [0, 0.1) is 10.1 Å². The standard InChI is InChI=1S/C8H6BNO4/c11-10(12)8-3-1-7(2-4-8)9-13-5-6-14-9/h1-6H. The molecule has 14 heavy (non-hydrogen) atoms. The molecule has 6 heteroatoms. The van der Waals surface area contributed by atoms with Gasteiger partial charge in [0.25, 0.3) is 5.69 Å². The summed E-state index contributed by atoms with van der Waals surface area (Å²) < 4.78 is 10.1. The summed E-state index contributed by atoms with van der Waals surface area (Å²) in [4.78, 5) is 9.92. The molecule has 0 bridgehead atoms. The summed E-state index contributed by atoms with van der Waals surface area (Å²) in [7, 11) is -0.476. The van der Waals surface area contributed by atoms with Gasteiger partial charge < -0.3 is 9.31 Å². The van der Waals surface area contributed by atoms with Crippen LogP contribution in [0.3, 0.4) is 0 Å². The number of hydrogen-bond donors (Lipinski definition) is 0. The molecule has 0 amide bonds. The van der Waals surface area contributed by atoms with E-state index in [-0.39, 0.29) is 5.69 Å². The van der Waals surface area contributed by atoms with Crippen LogP contribution in [0.25, 0.3) is 0 Å². The van der Waals surface area contributed by atoms with Crippen LogP contribution in [-0.2, 0) is 9.31 Å². The number of nitro groups is 1. The minimum Gasteiger partial charge on any atom is -0.525 e. The molecule has 0 unspecified atom stereocenters. The second-order valence-electron chi connectivity index (χ2n) is 2.72. The molecule has 0 saturated heterocycles. The predicted octanol–water partition coefficient (Wildman–Crippen LogP) is 0.808. The lowest BCUT2D eigenvalue weighted by molar-refractivity contribution is -0.384. The van der Waals surface area contributed by atoms with Crippen LogP contribution in [0.4, 0.5) is 5.69 Å². The number of benzene rings is 1. The highest BCUT2D eigenvalue weighted by molar-refractivity contribution is 6.62. The molecule has 5 nitrogen and oxygen atoms in total. The van der Waals surface area contributed by atoms with Crippen LogP contribution >= 0.6 is 0 Å². The summed E-state index contributed by atoms with van der Waals surface area (Å²) in [5.74, 6) is 0. The van der Waals surface area contributed by atoms with E-state index in [0.717, 1.165) is 5.46 Å². The predicted molar refractivity (Wildman–Crippen MR) is 49.8 cm³/mol. The Hall–Kier alpha value is -1.98. The lowest BCUT2D eigenvalue weighted by Crippen LogP contribution is -2.31. The minimum absolute atomic E-state index is 0.0553. The highest BCUT2D eigenvalue weighted by Gasteiger charge is 2.26. The Kier molecular flexibility index (Phi) is 2.10. The van der Waals surface area contributed by atoms with E-state index in [9.17, 15) is 10.1 Å². The molecule has 0 aromatic heterocycles. The van der Waals surface area contributed by atoms with E-state index in [1.165, 1.54) is 24.7 Å². The zero-order valence-corrected chi connectivity index (χ0v) is 7.12. The monoisotopic (exact) mass is 191 g/mol. The summed E-state index contributed by atoms with van der Waals surface area (Å²) in [6.45, 7) is 0. The van der Waals surface area contributed by atoms with Gasteiger partial charge in [0.15, 0.2) is 0 Å². The van der Waals surface area contributed by atoms with Crippen molar-refractivity contribution in [3.05, 3.63) is 46.9 Å². The number of nitrogens with zero attached hydrogens (tertiary/aromatic N) is 1. The molecule has 0 atom stereocenters. The number of nitro benzene ring substituents is 1. The summed E-state index contributed by atoms with van der Waals surface area (Å²) >= 11 is 0. The molecule has 2 rings (SSSR count). The first-order valence-electron chi connectivity index (χ1n) is 3.97. The zero-order valence-electron chi connectivity index (χ0n) is 7.12. The second-order valence-corrected chi connectivity index (χ2v) is 2.72. The van der Waals surface area contributed by atoms with Gasteiger partial charge in [0.05, 0.1) is 17.4 Å². The van der Waals surface area contributed by atoms with Gasteiger partial charge in [-0.2, -0.15) is 0 Å². The zero-order chi connectivity index (χ0) is 9.97. The fraction of sp³-hybridized carbons (Fsp3) is 0. The van der Waals surface area contributed by atoms with Crippen LogP contribution < -0.4 is 5.46 Å². The van der Waals surface area contributed by atoms with Gasteiger partial charge >= 0.3 is 7.12 Å². The van der Waals surface area contributed by atoms with Crippen molar-refractivity contribution in [2.45, 2.75) is 0 Å². The van der Waals surface area contributed by atoms with Gasteiger partial charge in [-0.25, -0.2) is 0 Å². The Balaban J connectivity index is 2.17. The molecule has 0 spiro atoms. The molecule has 0 saturated carbocycles. The van der Waals surface area contributed by atoms with Gasteiger partial charge in [-0.15, -0.1) is 0 Å². The third kappa shape index (κ3) is 1.54. The largest absolute Gasteiger partial charge is 0.632 e. The topological polar surface area (TPSA) is 61.6 Å². The van der Waals surface area contributed by atoms with Crippen LogP contribution in [0.5, 0.6) is 0 Å². The maximum absolute atomic E-state index is 10.4. The molecule has 1 aromatic rings.